The van der Waals surface area contributed by atoms with Crippen LogP contribution in [-0.2, 0) is 29.6 Å². The number of anilines is 1. The molecule has 0 spiro atoms. The predicted octanol–water partition coefficient (Wildman–Crippen LogP) is 1.59. The summed E-state index contributed by atoms with van der Waals surface area (Å²) in [5.41, 5.74) is 1.04. The molecule has 1 saturated heterocycles. The highest BCUT2D eigenvalue weighted by Gasteiger charge is 2.28. The predicted molar refractivity (Wildman–Crippen MR) is 116 cm³/mol. The molecule has 0 aromatic heterocycles. The van der Waals surface area contributed by atoms with Crippen molar-refractivity contribution in [2.75, 3.05) is 37.6 Å². The summed E-state index contributed by atoms with van der Waals surface area (Å²) in [4.78, 5) is 10.6. The van der Waals surface area contributed by atoms with Gasteiger partial charge in [0, 0.05) is 13.1 Å². The number of carboxylic acid groups (broad SMARTS) is 1. The van der Waals surface area contributed by atoms with E-state index in [1.165, 1.54) is 34.6 Å². The summed E-state index contributed by atoms with van der Waals surface area (Å²) in [6.45, 7) is 3.75. The van der Waals surface area contributed by atoms with Crippen molar-refractivity contribution >= 4 is 31.7 Å². The van der Waals surface area contributed by atoms with Crippen LogP contribution in [0.3, 0.4) is 0 Å². The van der Waals surface area contributed by atoms with Crippen molar-refractivity contribution in [3.8, 4) is 5.75 Å². The zero-order valence-corrected chi connectivity index (χ0v) is 19.2. The summed E-state index contributed by atoms with van der Waals surface area (Å²) < 4.78 is 65.8. The molecule has 0 amide bonds. The van der Waals surface area contributed by atoms with E-state index in [1.807, 2.05) is 0 Å². The van der Waals surface area contributed by atoms with Gasteiger partial charge < -0.3 is 14.6 Å². The highest BCUT2D eigenvalue weighted by Crippen LogP contribution is 2.27. The molecule has 32 heavy (non-hydrogen) atoms. The topological polar surface area (TPSA) is 139 Å². The van der Waals surface area contributed by atoms with Gasteiger partial charge in [-0.05, 0) is 55.3 Å². The first-order valence-corrected chi connectivity index (χ1v) is 12.6. The maximum Gasteiger partial charge on any atom is 0.341 e. The number of morpholine rings is 1. The summed E-state index contributed by atoms with van der Waals surface area (Å²) in [5.74, 6) is -0.898. The molecular weight excluding hydrogens is 460 g/mol. The minimum absolute atomic E-state index is 0.0215. The summed E-state index contributed by atoms with van der Waals surface area (Å²) >= 11 is 0. The van der Waals surface area contributed by atoms with Gasteiger partial charge in [0.15, 0.2) is 6.61 Å². The molecular formula is C20H24N2O8S2. The molecule has 10 nitrogen and oxygen atoms in total. The first-order valence-electron chi connectivity index (χ1n) is 9.67. The maximum absolute atomic E-state index is 13.0. The zero-order chi connectivity index (χ0) is 23.5. The number of benzene rings is 2. The Bertz CT molecular complexity index is 1220. The van der Waals surface area contributed by atoms with E-state index < -0.39 is 32.6 Å². The van der Waals surface area contributed by atoms with Crippen LogP contribution >= 0.6 is 0 Å². The monoisotopic (exact) mass is 484 g/mol. The van der Waals surface area contributed by atoms with E-state index in [-0.39, 0.29) is 34.3 Å². The zero-order valence-electron chi connectivity index (χ0n) is 17.6. The van der Waals surface area contributed by atoms with Gasteiger partial charge in [-0.15, -0.1) is 0 Å². The number of hydrogen-bond acceptors (Lipinski definition) is 7. The molecule has 0 unspecified atom stereocenters. The van der Waals surface area contributed by atoms with Gasteiger partial charge in [-0.1, -0.05) is 6.07 Å². The number of aryl methyl sites for hydroxylation is 2. The highest BCUT2D eigenvalue weighted by atomic mass is 32.2. The van der Waals surface area contributed by atoms with Gasteiger partial charge in [0.05, 0.1) is 28.7 Å². The lowest BCUT2D eigenvalue weighted by molar-refractivity contribution is -0.139. The van der Waals surface area contributed by atoms with Gasteiger partial charge >= 0.3 is 5.97 Å². The molecule has 1 aliphatic rings. The van der Waals surface area contributed by atoms with E-state index in [9.17, 15) is 21.6 Å². The molecule has 1 aliphatic heterocycles. The van der Waals surface area contributed by atoms with Crippen molar-refractivity contribution in [1.29, 1.82) is 0 Å². The average molecular weight is 485 g/mol. The average Bonchev–Trinajstić information content (AvgIpc) is 2.74. The van der Waals surface area contributed by atoms with Crippen LogP contribution in [-0.4, -0.2) is 65.1 Å². The van der Waals surface area contributed by atoms with Crippen LogP contribution in [0.1, 0.15) is 11.1 Å². The summed E-state index contributed by atoms with van der Waals surface area (Å²) in [5, 5.41) is 8.71. The molecule has 12 heteroatoms. The van der Waals surface area contributed by atoms with Crippen molar-refractivity contribution in [2.24, 2.45) is 0 Å². The highest BCUT2D eigenvalue weighted by molar-refractivity contribution is 7.92. The van der Waals surface area contributed by atoms with Gasteiger partial charge in [-0.2, -0.15) is 4.31 Å². The molecule has 0 saturated carbocycles. The molecule has 0 aliphatic carbocycles. The number of carbonyl (C=O) groups is 1. The molecule has 2 aromatic rings. The normalized spacial score (nSPS) is 15.3. The second kappa shape index (κ2) is 9.45. The molecule has 2 N–H and O–H groups in total. The molecule has 0 atom stereocenters. The van der Waals surface area contributed by atoms with Gasteiger partial charge in [0.2, 0.25) is 10.0 Å². The van der Waals surface area contributed by atoms with Crippen molar-refractivity contribution in [2.45, 2.75) is 23.6 Å². The smallest absolute Gasteiger partial charge is 0.341 e. The first-order chi connectivity index (χ1) is 15.0. The lowest BCUT2D eigenvalue weighted by Gasteiger charge is -2.27. The van der Waals surface area contributed by atoms with Gasteiger partial charge in [0.1, 0.15) is 5.75 Å². The van der Waals surface area contributed by atoms with E-state index in [2.05, 4.69) is 4.72 Å². The fourth-order valence-electron chi connectivity index (χ4n) is 3.17. The van der Waals surface area contributed by atoms with Crippen molar-refractivity contribution < 1.29 is 36.2 Å². The third-order valence-electron chi connectivity index (χ3n) is 4.84. The van der Waals surface area contributed by atoms with Gasteiger partial charge in [0.25, 0.3) is 10.0 Å². The fourth-order valence-corrected chi connectivity index (χ4v) is 5.97. The summed E-state index contributed by atoms with van der Waals surface area (Å²) in [6.07, 6.45) is 0. The van der Waals surface area contributed by atoms with Crippen LogP contribution in [0.15, 0.2) is 46.2 Å². The first kappa shape index (κ1) is 24.0. The summed E-state index contributed by atoms with van der Waals surface area (Å²) in [7, 11) is -7.84. The number of sulfonamides is 2. The third-order valence-corrected chi connectivity index (χ3v) is 8.26. The molecule has 1 heterocycles. The SMILES string of the molecule is Cc1cc(S(=O)(=O)Nc2ccc(C)c(S(=O)(=O)N3CCOCC3)c2)ccc1OCC(=O)O. The Morgan fingerprint density at radius 1 is 1.06 bits per heavy atom. The Balaban J connectivity index is 1.86. The number of nitrogens with one attached hydrogen (secondary N) is 1. The second-order valence-electron chi connectivity index (χ2n) is 7.21. The van der Waals surface area contributed by atoms with E-state index in [0.717, 1.165) is 0 Å². The Hall–Kier alpha value is -2.67. The van der Waals surface area contributed by atoms with E-state index in [1.54, 1.807) is 19.9 Å². The molecule has 0 radical (unpaired) electrons. The number of ether oxygens (including phenoxy) is 2. The molecule has 3 rings (SSSR count). The Kier molecular flexibility index (Phi) is 7.08. The van der Waals surface area contributed by atoms with Crippen molar-refractivity contribution in [1.82, 2.24) is 4.31 Å². The Morgan fingerprint density at radius 2 is 1.75 bits per heavy atom. The number of hydrogen-bond donors (Lipinski definition) is 2. The molecule has 174 valence electrons. The molecule has 0 bridgehead atoms. The molecule has 2 aromatic carbocycles. The van der Waals surface area contributed by atoms with Gasteiger partial charge in [-0.3, -0.25) is 4.72 Å². The number of rotatable bonds is 8. The Labute approximate surface area is 186 Å². The number of nitrogens with zero attached hydrogens (tertiary/aromatic N) is 1. The lowest BCUT2D eigenvalue weighted by atomic mass is 10.2. The summed E-state index contributed by atoms with van der Waals surface area (Å²) in [6, 6.07) is 8.33. The third kappa shape index (κ3) is 5.38. The van der Waals surface area contributed by atoms with E-state index in [4.69, 9.17) is 14.6 Å². The van der Waals surface area contributed by atoms with Gasteiger partial charge in [-0.25, -0.2) is 21.6 Å². The second-order valence-corrected chi connectivity index (χ2v) is 10.8. The number of aliphatic carboxylic acids is 1. The quantitative estimate of drug-likeness (QED) is 0.576. The lowest BCUT2D eigenvalue weighted by Crippen LogP contribution is -2.40. The van der Waals surface area contributed by atoms with Crippen molar-refractivity contribution in [3.05, 3.63) is 47.5 Å². The maximum atomic E-state index is 13.0. The Morgan fingerprint density at radius 3 is 2.38 bits per heavy atom. The van der Waals surface area contributed by atoms with Crippen LogP contribution < -0.4 is 9.46 Å². The molecule has 1 fully saturated rings. The van der Waals surface area contributed by atoms with Crippen molar-refractivity contribution in [3.63, 3.8) is 0 Å². The standard InChI is InChI=1S/C20H24N2O8S2/c1-14-3-4-16(12-19(14)32(27,28)22-7-9-29-10-8-22)21-31(25,26)17-5-6-18(15(2)11-17)30-13-20(23)24/h3-6,11-12,21H,7-10,13H2,1-2H3,(H,23,24). The van der Waals surface area contributed by atoms with Crippen LogP contribution in [0.25, 0.3) is 0 Å². The largest absolute Gasteiger partial charge is 0.482 e. The van der Waals surface area contributed by atoms with E-state index >= 15 is 0 Å². The number of carboxylic acids is 1. The van der Waals surface area contributed by atoms with Crippen LogP contribution in [0.5, 0.6) is 5.75 Å². The van der Waals surface area contributed by atoms with Crippen LogP contribution in [0.4, 0.5) is 5.69 Å². The minimum Gasteiger partial charge on any atom is -0.482 e. The van der Waals surface area contributed by atoms with E-state index in [0.29, 0.717) is 24.3 Å². The van der Waals surface area contributed by atoms with Crippen LogP contribution in [0.2, 0.25) is 0 Å². The van der Waals surface area contributed by atoms with Crippen LogP contribution in [0, 0.1) is 13.8 Å². The minimum atomic E-state index is -4.03. The fraction of sp³-hybridized carbons (Fsp3) is 0.350.